The first-order valence-corrected chi connectivity index (χ1v) is 5.83. The number of halogens is 1. The minimum absolute atomic E-state index is 0.529. The van der Waals surface area contributed by atoms with Crippen LogP contribution in [-0.4, -0.2) is 19.9 Å². The van der Waals surface area contributed by atoms with Gasteiger partial charge in [-0.05, 0) is 27.7 Å². The van der Waals surface area contributed by atoms with Gasteiger partial charge in [0.15, 0.2) is 5.82 Å². The van der Waals surface area contributed by atoms with Gasteiger partial charge in [-0.3, -0.25) is 4.98 Å². The van der Waals surface area contributed by atoms with Gasteiger partial charge in [-0.2, -0.15) is 0 Å². The van der Waals surface area contributed by atoms with E-state index in [0.29, 0.717) is 10.3 Å². The summed E-state index contributed by atoms with van der Waals surface area (Å²) in [6.45, 7) is 0. The van der Waals surface area contributed by atoms with Crippen LogP contribution >= 0.6 is 27.7 Å². The van der Waals surface area contributed by atoms with E-state index in [1.54, 1.807) is 18.6 Å². The van der Waals surface area contributed by atoms with Gasteiger partial charge >= 0.3 is 0 Å². The largest absolute Gasteiger partial charge is 0.307 e. The van der Waals surface area contributed by atoms with Crippen molar-refractivity contribution in [3.8, 4) is 0 Å². The molecule has 2 heterocycles. The third kappa shape index (κ3) is 2.46. The number of nitrogens with two attached hydrogens (primary N) is 1. The smallest absolute Gasteiger partial charge is 0.158 e. The molecule has 0 amide bonds. The highest BCUT2D eigenvalue weighted by atomic mass is 79.9. The van der Waals surface area contributed by atoms with Gasteiger partial charge in [-0.15, -0.1) is 0 Å². The number of nitrogen functional groups attached to an aromatic ring is 1. The van der Waals surface area contributed by atoms with Crippen LogP contribution in [0.25, 0.3) is 0 Å². The molecule has 0 saturated carbocycles. The maximum absolute atomic E-state index is 5.31. The minimum Gasteiger partial charge on any atom is -0.307 e. The van der Waals surface area contributed by atoms with Crippen LogP contribution in [0, 0.1) is 0 Å². The van der Waals surface area contributed by atoms with Crippen LogP contribution in [0.2, 0.25) is 0 Å². The Balaban J connectivity index is 2.28. The molecule has 0 fully saturated rings. The van der Waals surface area contributed by atoms with Gasteiger partial charge in [0, 0.05) is 12.4 Å². The Morgan fingerprint density at radius 1 is 1.25 bits per heavy atom. The first kappa shape index (κ1) is 11.2. The second kappa shape index (κ2) is 5.19. The normalized spacial score (nSPS) is 10.1. The van der Waals surface area contributed by atoms with Crippen molar-refractivity contribution in [3.63, 3.8) is 0 Å². The zero-order chi connectivity index (χ0) is 11.4. The number of anilines is 1. The van der Waals surface area contributed by atoms with Gasteiger partial charge in [-0.25, -0.2) is 20.8 Å². The lowest BCUT2D eigenvalue weighted by atomic mass is 10.6. The van der Waals surface area contributed by atoms with Crippen LogP contribution in [0.1, 0.15) is 0 Å². The molecule has 2 aromatic heterocycles. The average Bonchev–Trinajstić information content (AvgIpc) is 2.33. The van der Waals surface area contributed by atoms with Crippen molar-refractivity contribution < 1.29 is 0 Å². The standard InChI is InChI=1S/C8H7BrN6S/c9-6-7(15-10)13-4-14-8(6)16-5-3-11-1-2-12-5/h1-4H,10H2,(H,13,14,15). The van der Waals surface area contributed by atoms with Crippen molar-refractivity contribution in [2.45, 2.75) is 10.1 Å². The number of nitrogens with one attached hydrogen (secondary N) is 1. The number of hydrogen-bond acceptors (Lipinski definition) is 7. The van der Waals surface area contributed by atoms with E-state index < -0.39 is 0 Å². The molecule has 0 bridgehead atoms. The first-order chi connectivity index (χ1) is 7.81. The third-order valence-corrected chi connectivity index (χ3v) is 3.57. The molecule has 2 aromatic rings. The number of nitrogens with zero attached hydrogens (tertiary/aromatic N) is 4. The minimum atomic E-state index is 0.529. The molecule has 0 aliphatic carbocycles. The molecule has 2 rings (SSSR count). The van der Waals surface area contributed by atoms with E-state index in [1.165, 1.54) is 18.1 Å². The maximum atomic E-state index is 5.31. The molecule has 3 N–H and O–H groups in total. The number of aromatic nitrogens is 4. The van der Waals surface area contributed by atoms with E-state index in [4.69, 9.17) is 5.84 Å². The van der Waals surface area contributed by atoms with Gasteiger partial charge in [0.25, 0.3) is 0 Å². The quantitative estimate of drug-likeness (QED) is 0.504. The van der Waals surface area contributed by atoms with Crippen LogP contribution in [-0.2, 0) is 0 Å². The summed E-state index contributed by atoms with van der Waals surface area (Å²) in [6.07, 6.45) is 6.33. The van der Waals surface area contributed by atoms with E-state index in [1.807, 2.05) is 0 Å². The summed E-state index contributed by atoms with van der Waals surface area (Å²) >= 11 is 4.74. The lowest BCUT2D eigenvalue weighted by Gasteiger charge is -2.05. The molecule has 6 nitrogen and oxygen atoms in total. The predicted octanol–water partition coefficient (Wildman–Crippen LogP) is 1.47. The topological polar surface area (TPSA) is 89.6 Å². The zero-order valence-corrected chi connectivity index (χ0v) is 10.4. The van der Waals surface area contributed by atoms with E-state index in [9.17, 15) is 0 Å². The average molecular weight is 299 g/mol. The Morgan fingerprint density at radius 3 is 2.81 bits per heavy atom. The predicted molar refractivity (Wildman–Crippen MR) is 63.7 cm³/mol. The fourth-order valence-corrected chi connectivity index (χ4v) is 2.24. The highest BCUT2D eigenvalue weighted by Gasteiger charge is 2.09. The lowest BCUT2D eigenvalue weighted by molar-refractivity contribution is 1.00. The van der Waals surface area contributed by atoms with Crippen molar-refractivity contribution in [2.24, 2.45) is 5.84 Å². The summed E-state index contributed by atoms with van der Waals surface area (Å²) in [4.78, 5) is 16.2. The fourth-order valence-electron chi connectivity index (χ4n) is 0.963. The molecule has 0 radical (unpaired) electrons. The summed E-state index contributed by atoms with van der Waals surface area (Å²) in [5.74, 6) is 5.83. The van der Waals surface area contributed by atoms with Gasteiger partial charge in [-0.1, -0.05) is 0 Å². The highest BCUT2D eigenvalue weighted by molar-refractivity contribution is 9.10. The molecule has 0 spiro atoms. The van der Waals surface area contributed by atoms with E-state index in [0.717, 1.165) is 10.1 Å². The van der Waals surface area contributed by atoms with Crippen molar-refractivity contribution in [2.75, 3.05) is 5.43 Å². The van der Waals surface area contributed by atoms with Crippen LogP contribution < -0.4 is 11.3 Å². The molecular formula is C8H7BrN6S. The van der Waals surface area contributed by atoms with Crippen LogP contribution in [0.15, 0.2) is 39.4 Å². The second-order valence-corrected chi connectivity index (χ2v) is 4.43. The van der Waals surface area contributed by atoms with E-state index in [-0.39, 0.29) is 0 Å². The van der Waals surface area contributed by atoms with Gasteiger partial charge < -0.3 is 5.43 Å². The second-order valence-electron chi connectivity index (χ2n) is 2.63. The summed E-state index contributed by atoms with van der Waals surface area (Å²) in [7, 11) is 0. The third-order valence-electron chi connectivity index (χ3n) is 1.63. The van der Waals surface area contributed by atoms with Crippen molar-refractivity contribution in [1.29, 1.82) is 0 Å². The van der Waals surface area contributed by atoms with Crippen molar-refractivity contribution in [1.82, 2.24) is 19.9 Å². The summed E-state index contributed by atoms with van der Waals surface area (Å²) in [5.41, 5.74) is 2.47. The number of hydrogen-bond donors (Lipinski definition) is 2. The zero-order valence-electron chi connectivity index (χ0n) is 7.96. The summed E-state index contributed by atoms with van der Waals surface area (Å²) in [5, 5.41) is 1.48. The van der Waals surface area contributed by atoms with E-state index >= 15 is 0 Å². The van der Waals surface area contributed by atoms with Gasteiger partial charge in [0.2, 0.25) is 0 Å². The molecule has 16 heavy (non-hydrogen) atoms. The molecule has 0 atom stereocenters. The van der Waals surface area contributed by atoms with E-state index in [2.05, 4.69) is 41.3 Å². The van der Waals surface area contributed by atoms with Gasteiger partial charge in [0.1, 0.15) is 16.4 Å². The monoisotopic (exact) mass is 298 g/mol. The Bertz CT molecular complexity index is 479. The van der Waals surface area contributed by atoms with Crippen molar-refractivity contribution in [3.05, 3.63) is 29.4 Å². The lowest BCUT2D eigenvalue weighted by Crippen LogP contribution is -2.09. The van der Waals surface area contributed by atoms with Crippen LogP contribution in [0.3, 0.4) is 0 Å². The van der Waals surface area contributed by atoms with Crippen molar-refractivity contribution >= 4 is 33.5 Å². The molecule has 82 valence electrons. The Kier molecular flexibility index (Phi) is 3.65. The Morgan fingerprint density at radius 2 is 2.12 bits per heavy atom. The summed E-state index contributed by atoms with van der Waals surface area (Å²) < 4.78 is 0.702. The molecule has 0 aliphatic rings. The maximum Gasteiger partial charge on any atom is 0.158 e. The molecule has 0 aliphatic heterocycles. The fraction of sp³-hybridized carbons (Fsp3) is 0. The number of rotatable bonds is 3. The number of hydrazine groups is 1. The first-order valence-electron chi connectivity index (χ1n) is 4.22. The van der Waals surface area contributed by atoms with Gasteiger partial charge in [0.05, 0.1) is 10.7 Å². The van der Waals surface area contributed by atoms with Crippen LogP contribution in [0.5, 0.6) is 0 Å². The highest BCUT2D eigenvalue weighted by Crippen LogP contribution is 2.32. The Labute approximate surface area is 104 Å². The molecule has 0 saturated heterocycles. The molecule has 0 aromatic carbocycles. The molecular weight excluding hydrogens is 292 g/mol. The molecule has 0 unspecified atom stereocenters. The SMILES string of the molecule is NNc1ncnc(Sc2cnccn2)c1Br. The Hall–Kier alpha value is -1.25. The summed E-state index contributed by atoms with van der Waals surface area (Å²) in [6, 6.07) is 0. The van der Waals surface area contributed by atoms with Crippen LogP contribution in [0.4, 0.5) is 5.82 Å². The molecule has 8 heteroatoms.